The number of aryl methyl sites for hydroxylation is 2. The number of carbonyl (C=O) groups is 1. The van der Waals surface area contributed by atoms with Gasteiger partial charge in [0, 0.05) is 31.9 Å². The molecule has 1 aliphatic rings. The van der Waals surface area contributed by atoms with Crippen molar-refractivity contribution < 1.29 is 9.53 Å². The van der Waals surface area contributed by atoms with Gasteiger partial charge in [0.2, 0.25) is 0 Å². The molecule has 2 N–H and O–H groups in total. The van der Waals surface area contributed by atoms with Gasteiger partial charge in [-0.2, -0.15) is 0 Å². The number of hydrogen-bond donors (Lipinski definition) is 2. The zero-order valence-electron chi connectivity index (χ0n) is 15.3. The lowest BCUT2D eigenvalue weighted by Gasteiger charge is -2.26. The molecule has 1 saturated heterocycles. The first kappa shape index (κ1) is 18.3. The van der Waals surface area contributed by atoms with Gasteiger partial charge in [0.25, 0.3) is 5.91 Å². The summed E-state index contributed by atoms with van der Waals surface area (Å²) < 4.78 is 5.33. The number of nitrogens with zero attached hydrogens (tertiary/aromatic N) is 3. The number of rotatable bonds is 6. The van der Waals surface area contributed by atoms with Crippen LogP contribution in [0.4, 0.5) is 11.5 Å². The molecule has 7 nitrogen and oxygen atoms in total. The van der Waals surface area contributed by atoms with Crippen molar-refractivity contribution >= 4 is 17.4 Å². The molecule has 1 aromatic carbocycles. The zero-order valence-corrected chi connectivity index (χ0v) is 15.3. The van der Waals surface area contributed by atoms with Gasteiger partial charge in [0.05, 0.1) is 13.2 Å². The number of hydrogen-bond acceptors (Lipinski definition) is 6. The molecule has 0 saturated carbocycles. The van der Waals surface area contributed by atoms with Gasteiger partial charge in [-0.25, -0.2) is 0 Å². The molecule has 7 heteroatoms. The molecule has 0 aliphatic carbocycles. The Morgan fingerprint density at radius 3 is 2.50 bits per heavy atom. The van der Waals surface area contributed by atoms with Crippen LogP contribution >= 0.6 is 0 Å². The van der Waals surface area contributed by atoms with Crippen LogP contribution in [0.1, 0.15) is 21.6 Å². The fraction of sp³-hybridized carbons (Fsp3) is 0.421. The summed E-state index contributed by atoms with van der Waals surface area (Å²) in [7, 11) is 0. The Morgan fingerprint density at radius 1 is 1.12 bits per heavy atom. The molecule has 1 aromatic heterocycles. The van der Waals surface area contributed by atoms with Crippen LogP contribution in [0.25, 0.3) is 0 Å². The van der Waals surface area contributed by atoms with Crippen LogP contribution in [0.5, 0.6) is 0 Å². The predicted molar refractivity (Wildman–Crippen MR) is 102 cm³/mol. The third-order valence-electron chi connectivity index (χ3n) is 4.45. The summed E-state index contributed by atoms with van der Waals surface area (Å²) >= 11 is 0. The van der Waals surface area contributed by atoms with Crippen LogP contribution in [0, 0.1) is 13.8 Å². The van der Waals surface area contributed by atoms with Crippen LogP contribution in [0.2, 0.25) is 0 Å². The third kappa shape index (κ3) is 4.77. The van der Waals surface area contributed by atoms with Crippen molar-refractivity contribution in [3.05, 3.63) is 47.2 Å². The lowest BCUT2D eigenvalue weighted by atomic mass is 10.1. The average Bonchev–Trinajstić information content (AvgIpc) is 2.66. The second-order valence-electron chi connectivity index (χ2n) is 6.41. The molecular weight excluding hydrogens is 330 g/mol. The Bertz CT molecular complexity index is 722. The monoisotopic (exact) mass is 355 g/mol. The van der Waals surface area contributed by atoms with Crippen molar-refractivity contribution in [1.29, 1.82) is 0 Å². The lowest BCUT2D eigenvalue weighted by molar-refractivity contribution is 0.0398. The molecule has 0 unspecified atom stereocenters. The van der Waals surface area contributed by atoms with Crippen LogP contribution in [0.15, 0.2) is 30.3 Å². The summed E-state index contributed by atoms with van der Waals surface area (Å²) in [5, 5.41) is 14.3. The summed E-state index contributed by atoms with van der Waals surface area (Å²) in [6.45, 7) is 9.16. The molecule has 1 amide bonds. The summed E-state index contributed by atoms with van der Waals surface area (Å²) in [6.07, 6.45) is 0. The number of morpholine rings is 1. The highest BCUT2D eigenvalue weighted by Crippen LogP contribution is 2.20. The van der Waals surface area contributed by atoms with Gasteiger partial charge in [-0.05, 0) is 37.1 Å². The van der Waals surface area contributed by atoms with Gasteiger partial charge in [0.15, 0.2) is 5.69 Å². The highest BCUT2D eigenvalue weighted by Gasteiger charge is 2.12. The van der Waals surface area contributed by atoms with Gasteiger partial charge in [-0.15, -0.1) is 10.2 Å². The molecule has 0 spiro atoms. The van der Waals surface area contributed by atoms with E-state index in [0.717, 1.165) is 56.2 Å². The molecule has 0 radical (unpaired) electrons. The zero-order chi connectivity index (χ0) is 18.4. The molecule has 138 valence electrons. The van der Waals surface area contributed by atoms with Crippen molar-refractivity contribution in [2.24, 2.45) is 0 Å². The van der Waals surface area contributed by atoms with E-state index >= 15 is 0 Å². The maximum Gasteiger partial charge on any atom is 0.276 e. The number of amides is 1. The van der Waals surface area contributed by atoms with Gasteiger partial charge in [-0.3, -0.25) is 9.69 Å². The van der Waals surface area contributed by atoms with Gasteiger partial charge in [0.1, 0.15) is 5.82 Å². The number of aromatic nitrogens is 2. The first-order valence-corrected chi connectivity index (χ1v) is 8.89. The number of benzene rings is 1. The van der Waals surface area contributed by atoms with Crippen molar-refractivity contribution in [3.63, 3.8) is 0 Å². The Morgan fingerprint density at radius 2 is 1.85 bits per heavy atom. The van der Waals surface area contributed by atoms with Crippen molar-refractivity contribution in [2.45, 2.75) is 13.8 Å². The molecule has 2 heterocycles. The van der Waals surface area contributed by atoms with E-state index in [2.05, 4.69) is 25.7 Å². The molecule has 1 aliphatic heterocycles. The Balaban J connectivity index is 1.52. The minimum Gasteiger partial charge on any atom is -0.379 e. The Hall–Kier alpha value is -2.51. The van der Waals surface area contributed by atoms with E-state index in [0.29, 0.717) is 11.5 Å². The molecule has 2 aromatic rings. The van der Waals surface area contributed by atoms with Gasteiger partial charge in [-0.1, -0.05) is 18.2 Å². The molecule has 3 rings (SSSR count). The van der Waals surface area contributed by atoms with E-state index in [1.807, 2.05) is 32.0 Å². The van der Waals surface area contributed by atoms with Crippen molar-refractivity contribution in [3.8, 4) is 0 Å². The topological polar surface area (TPSA) is 79.4 Å². The number of anilines is 2. The standard InChI is InChI=1S/C19H25N5O2/c1-14-4-3-5-15(2)18(14)21-19(25)16-6-7-17(23-22-16)20-8-9-24-10-12-26-13-11-24/h3-7H,8-13H2,1-2H3,(H,20,23)(H,21,25). The second kappa shape index (κ2) is 8.73. The Labute approximate surface area is 153 Å². The van der Waals surface area contributed by atoms with Crippen LogP contribution < -0.4 is 10.6 Å². The smallest absolute Gasteiger partial charge is 0.276 e. The largest absolute Gasteiger partial charge is 0.379 e. The van der Waals surface area contributed by atoms with Crippen LogP contribution in [-0.4, -0.2) is 60.4 Å². The van der Waals surface area contributed by atoms with E-state index in [1.165, 1.54) is 0 Å². The predicted octanol–water partition coefficient (Wildman–Crippen LogP) is 2.09. The normalized spacial score (nSPS) is 14.8. The third-order valence-corrected chi connectivity index (χ3v) is 4.45. The van der Waals surface area contributed by atoms with E-state index in [9.17, 15) is 4.79 Å². The summed E-state index contributed by atoms with van der Waals surface area (Å²) in [5.74, 6) is 0.414. The highest BCUT2D eigenvalue weighted by atomic mass is 16.5. The fourth-order valence-corrected chi connectivity index (χ4v) is 2.90. The van der Waals surface area contributed by atoms with E-state index < -0.39 is 0 Å². The molecule has 0 atom stereocenters. The first-order chi connectivity index (χ1) is 12.6. The summed E-state index contributed by atoms with van der Waals surface area (Å²) in [4.78, 5) is 14.7. The quantitative estimate of drug-likeness (QED) is 0.826. The van der Waals surface area contributed by atoms with Crippen LogP contribution in [-0.2, 0) is 4.74 Å². The number of nitrogens with one attached hydrogen (secondary N) is 2. The Kier molecular flexibility index (Phi) is 6.14. The van der Waals surface area contributed by atoms with Gasteiger partial charge < -0.3 is 15.4 Å². The van der Waals surface area contributed by atoms with E-state index in [1.54, 1.807) is 12.1 Å². The van der Waals surface area contributed by atoms with Crippen molar-refractivity contribution in [1.82, 2.24) is 15.1 Å². The minimum atomic E-state index is -0.255. The van der Waals surface area contributed by atoms with Crippen LogP contribution in [0.3, 0.4) is 0 Å². The van der Waals surface area contributed by atoms with Crippen molar-refractivity contribution in [2.75, 3.05) is 50.0 Å². The molecular formula is C19H25N5O2. The number of para-hydroxylation sites is 1. The summed E-state index contributed by atoms with van der Waals surface area (Å²) in [5.41, 5.74) is 3.17. The SMILES string of the molecule is Cc1cccc(C)c1NC(=O)c1ccc(NCCN2CCOCC2)nn1. The molecule has 0 bridgehead atoms. The van der Waals surface area contributed by atoms with E-state index in [-0.39, 0.29) is 5.91 Å². The average molecular weight is 355 g/mol. The molecule has 26 heavy (non-hydrogen) atoms. The second-order valence-corrected chi connectivity index (χ2v) is 6.41. The maximum absolute atomic E-state index is 12.4. The van der Waals surface area contributed by atoms with Gasteiger partial charge >= 0.3 is 0 Å². The fourth-order valence-electron chi connectivity index (χ4n) is 2.90. The lowest BCUT2D eigenvalue weighted by Crippen LogP contribution is -2.39. The molecule has 1 fully saturated rings. The van der Waals surface area contributed by atoms with E-state index in [4.69, 9.17) is 4.74 Å². The minimum absolute atomic E-state index is 0.255. The summed E-state index contributed by atoms with van der Waals surface area (Å²) in [6, 6.07) is 9.38. The number of ether oxygens (including phenoxy) is 1. The highest BCUT2D eigenvalue weighted by molar-refractivity contribution is 6.03. The number of carbonyl (C=O) groups excluding carboxylic acids is 1. The maximum atomic E-state index is 12.4. The first-order valence-electron chi connectivity index (χ1n) is 8.89.